The van der Waals surface area contributed by atoms with E-state index in [0.717, 1.165) is 32.0 Å². The summed E-state index contributed by atoms with van der Waals surface area (Å²) in [5, 5.41) is 3.56. The second-order valence-corrected chi connectivity index (χ2v) is 5.60. The van der Waals surface area contributed by atoms with Gasteiger partial charge >= 0.3 is 0 Å². The van der Waals surface area contributed by atoms with Gasteiger partial charge in [-0.3, -0.25) is 4.99 Å². The van der Waals surface area contributed by atoms with E-state index in [2.05, 4.69) is 58.2 Å². The van der Waals surface area contributed by atoms with Gasteiger partial charge in [-0.1, -0.05) is 17.7 Å². The van der Waals surface area contributed by atoms with Crippen LogP contribution in [0.25, 0.3) is 0 Å². The van der Waals surface area contributed by atoms with E-state index in [1.165, 1.54) is 11.3 Å². The highest BCUT2D eigenvalue weighted by molar-refractivity contribution is 5.79. The number of hydrogen-bond acceptors (Lipinski definition) is 2. The third-order valence-corrected chi connectivity index (χ3v) is 3.65. The van der Waals surface area contributed by atoms with Gasteiger partial charge in [-0.25, -0.2) is 0 Å². The molecule has 0 aliphatic carbocycles. The molecule has 20 heavy (non-hydrogen) atoms. The van der Waals surface area contributed by atoms with Crippen molar-refractivity contribution in [3.8, 4) is 0 Å². The lowest BCUT2D eigenvalue weighted by Crippen LogP contribution is -2.44. The van der Waals surface area contributed by atoms with E-state index < -0.39 is 0 Å². The Labute approximate surface area is 122 Å². The molecule has 0 bridgehead atoms. The number of nitrogens with zero attached hydrogens (tertiary/aromatic N) is 3. The molecular formula is C16H26N4. The first kappa shape index (κ1) is 14.7. The van der Waals surface area contributed by atoms with Crippen LogP contribution < -0.4 is 10.2 Å². The largest absolute Gasteiger partial charge is 0.369 e. The average Bonchev–Trinajstić information content (AvgIpc) is 2.87. The van der Waals surface area contributed by atoms with Crippen molar-refractivity contribution < 1.29 is 0 Å². The Bertz CT molecular complexity index is 450. The molecule has 1 aromatic carbocycles. The second-order valence-electron chi connectivity index (χ2n) is 5.60. The third-order valence-electron chi connectivity index (χ3n) is 3.65. The molecule has 4 nitrogen and oxygen atoms in total. The Hall–Kier alpha value is -1.71. The zero-order chi connectivity index (χ0) is 14.5. The highest BCUT2D eigenvalue weighted by atomic mass is 15.3. The van der Waals surface area contributed by atoms with Gasteiger partial charge in [0.2, 0.25) is 0 Å². The lowest BCUT2D eigenvalue weighted by Gasteiger charge is -2.23. The predicted molar refractivity (Wildman–Crippen MR) is 86.6 cm³/mol. The van der Waals surface area contributed by atoms with Crippen LogP contribution in [0.5, 0.6) is 0 Å². The molecule has 0 aromatic heterocycles. The lowest BCUT2D eigenvalue weighted by molar-refractivity contribution is 0.546. The topological polar surface area (TPSA) is 30.9 Å². The molecule has 4 heteroatoms. The van der Waals surface area contributed by atoms with E-state index in [9.17, 15) is 0 Å². The zero-order valence-corrected chi connectivity index (χ0v) is 13.1. The van der Waals surface area contributed by atoms with Gasteiger partial charge in [-0.15, -0.1) is 0 Å². The number of aryl methyl sites for hydroxylation is 1. The summed E-state index contributed by atoms with van der Waals surface area (Å²) >= 11 is 0. The van der Waals surface area contributed by atoms with E-state index in [0.29, 0.717) is 6.04 Å². The minimum absolute atomic E-state index is 0.476. The molecule has 1 atom stereocenters. The molecule has 0 saturated carbocycles. The van der Waals surface area contributed by atoms with E-state index >= 15 is 0 Å². The molecule has 1 aliphatic rings. The number of benzene rings is 1. The summed E-state index contributed by atoms with van der Waals surface area (Å²) in [6.45, 7) is 7.16. The smallest absolute Gasteiger partial charge is 0.193 e. The van der Waals surface area contributed by atoms with Crippen LogP contribution in [0.1, 0.15) is 18.9 Å². The summed E-state index contributed by atoms with van der Waals surface area (Å²) < 4.78 is 0. The van der Waals surface area contributed by atoms with Gasteiger partial charge in [-0.05, 0) is 32.4 Å². The van der Waals surface area contributed by atoms with Crippen LogP contribution in [0.3, 0.4) is 0 Å². The van der Waals surface area contributed by atoms with Crippen molar-refractivity contribution in [2.24, 2.45) is 4.99 Å². The molecule has 0 amide bonds. The van der Waals surface area contributed by atoms with Crippen LogP contribution in [0, 0.1) is 6.92 Å². The summed E-state index contributed by atoms with van der Waals surface area (Å²) in [5.74, 6) is 0.989. The summed E-state index contributed by atoms with van der Waals surface area (Å²) in [4.78, 5) is 9.00. The summed E-state index contributed by atoms with van der Waals surface area (Å²) in [5.41, 5.74) is 2.63. The van der Waals surface area contributed by atoms with Crippen molar-refractivity contribution in [3.05, 3.63) is 29.8 Å². The van der Waals surface area contributed by atoms with Crippen molar-refractivity contribution in [2.45, 2.75) is 26.3 Å². The molecule has 1 aromatic rings. The minimum Gasteiger partial charge on any atom is -0.369 e. The average molecular weight is 274 g/mol. The van der Waals surface area contributed by atoms with E-state index in [4.69, 9.17) is 0 Å². The van der Waals surface area contributed by atoms with Gasteiger partial charge in [-0.2, -0.15) is 0 Å². The van der Waals surface area contributed by atoms with Crippen LogP contribution >= 0.6 is 0 Å². The first-order valence-electron chi connectivity index (χ1n) is 7.40. The third kappa shape index (κ3) is 3.65. The van der Waals surface area contributed by atoms with Crippen molar-refractivity contribution in [1.29, 1.82) is 0 Å². The van der Waals surface area contributed by atoms with Gasteiger partial charge in [0.15, 0.2) is 5.96 Å². The van der Waals surface area contributed by atoms with Crippen LogP contribution in [0.4, 0.5) is 5.69 Å². The van der Waals surface area contributed by atoms with Gasteiger partial charge in [0.05, 0.1) is 0 Å². The molecule has 110 valence electrons. The first-order valence-corrected chi connectivity index (χ1v) is 7.40. The summed E-state index contributed by atoms with van der Waals surface area (Å²) in [7, 11) is 4.07. The van der Waals surface area contributed by atoms with Crippen LogP contribution in [0.2, 0.25) is 0 Å². The molecule has 2 rings (SSSR count). The summed E-state index contributed by atoms with van der Waals surface area (Å²) in [6.07, 6.45) is 1.16. The quantitative estimate of drug-likeness (QED) is 0.676. The Morgan fingerprint density at radius 1 is 1.35 bits per heavy atom. The molecule has 1 unspecified atom stereocenters. The standard InChI is InChI=1S/C16H26N4/c1-5-17-16(19(3)4)18-14-10-11-20(12-14)15-8-6-13(2)7-9-15/h6-9,14H,5,10-12H2,1-4H3,(H,17,18). The van der Waals surface area contributed by atoms with E-state index in [1.807, 2.05) is 14.1 Å². The molecule has 1 aliphatic heterocycles. The Morgan fingerprint density at radius 2 is 2.05 bits per heavy atom. The molecule has 1 fully saturated rings. The fourth-order valence-electron chi connectivity index (χ4n) is 2.52. The highest BCUT2D eigenvalue weighted by Crippen LogP contribution is 2.20. The fraction of sp³-hybridized carbons (Fsp3) is 0.562. The second kappa shape index (κ2) is 6.64. The number of guanidine groups is 1. The number of rotatable bonds is 3. The van der Waals surface area contributed by atoms with Crippen molar-refractivity contribution in [3.63, 3.8) is 0 Å². The van der Waals surface area contributed by atoms with E-state index in [-0.39, 0.29) is 0 Å². The molecular weight excluding hydrogens is 248 g/mol. The van der Waals surface area contributed by atoms with Gasteiger partial charge < -0.3 is 15.1 Å². The molecule has 1 heterocycles. The minimum atomic E-state index is 0.476. The van der Waals surface area contributed by atoms with E-state index in [1.54, 1.807) is 0 Å². The van der Waals surface area contributed by atoms with Crippen molar-refractivity contribution in [2.75, 3.05) is 38.6 Å². The number of nitrogens with one attached hydrogen (secondary N) is 1. The predicted octanol–water partition coefficient (Wildman–Crippen LogP) is 2.10. The monoisotopic (exact) mass is 274 g/mol. The number of hydrogen-bond donors (Lipinski definition) is 1. The van der Waals surface area contributed by atoms with Crippen molar-refractivity contribution in [1.82, 2.24) is 10.2 Å². The van der Waals surface area contributed by atoms with Gasteiger partial charge in [0.25, 0.3) is 0 Å². The normalized spacial score (nSPS) is 19.3. The maximum atomic E-state index is 4.51. The Kier molecular flexibility index (Phi) is 4.88. The van der Waals surface area contributed by atoms with Gasteiger partial charge in [0, 0.05) is 45.5 Å². The maximum absolute atomic E-state index is 4.51. The Morgan fingerprint density at radius 3 is 2.65 bits per heavy atom. The summed E-state index contributed by atoms with van der Waals surface area (Å²) in [6, 6.07) is 9.26. The van der Waals surface area contributed by atoms with Crippen LogP contribution in [-0.4, -0.2) is 50.6 Å². The van der Waals surface area contributed by atoms with Crippen molar-refractivity contribution >= 4 is 11.6 Å². The first-order chi connectivity index (χ1) is 9.60. The molecule has 0 radical (unpaired) electrons. The lowest BCUT2D eigenvalue weighted by atomic mass is 10.2. The van der Waals surface area contributed by atoms with Gasteiger partial charge in [0.1, 0.15) is 0 Å². The fourth-order valence-corrected chi connectivity index (χ4v) is 2.52. The number of aliphatic imine (C=N–C) groups is 1. The molecule has 0 spiro atoms. The SMILES string of the molecule is CCN=C(NC1CCN(c2ccc(C)cc2)C1)N(C)C. The number of anilines is 1. The molecule has 1 N–H and O–H groups in total. The molecule has 1 saturated heterocycles. The van der Waals surface area contributed by atoms with Crippen LogP contribution in [0.15, 0.2) is 29.3 Å². The zero-order valence-electron chi connectivity index (χ0n) is 13.1. The Balaban J connectivity index is 1.95. The maximum Gasteiger partial charge on any atom is 0.193 e. The highest BCUT2D eigenvalue weighted by Gasteiger charge is 2.23. The van der Waals surface area contributed by atoms with Crippen LogP contribution in [-0.2, 0) is 0 Å².